The van der Waals surface area contributed by atoms with Crippen LogP contribution in [0.2, 0.25) is 0 Å². The van der Waals surface area contributed by atoms with Gasteiger partial charge < -0.3 is 0 Å². The Bertz CT molecular complexity index is 294. The average Bonchev–Trinajstić information content (AvgIpc) is 2.63. The Morgan fingerprint density at radius 2 is 1.80 bits per heavy atom. The van der Waals surface area contributed by atoms with Gasteiger partial charge in [0.1, 0.15) is 0 Å². The van der Waals surface area contributed by atoms with Gasteiger partial charge in [-0.2, -0.15) is 0 Å². The number of nitrogens with zero attached hydrogens (tertiary/aromatic N) is 1. The maximum Gasteiger partial charge on any atom is 0.214 e. The Hall–Kier alpha value is -0.0900. The molecule has 15 heavy (non-hydrogen) atoms. The molecule has 0 atom stereocenters. The van der Waals surface area contributed by atoms with Gasteiger partial charge in [0, 0.05) is 13.1 Å². The van der Waals surface area contributed by atoms with Gasteiger partial charge in [-0.1, -0.05) is 20.8 Å². The molecule has 90 valence electrons. The Balaban J connectivity index is 2.71. The summed E-state index contributed by atoms with van der Waals surface area (Å²) in [6.45, 7) is 7.71. The first-order valence-corrected chi connectivity index (χ1v) is 7.58. The van der Waals surface area contributed by atoms with Gasteiger partial charge >= 0.3 is 0 Å². The van der Waals surface area contributed by atoms with Gasteiger partial charge in [0.05, 0.1) is 5.75 Å². The Labute approximate surface area is 93.9 Å². The fraction of sp³-hybridized carbons (Fsp3) is 1.00. The monoisotopic (exact) mass is 233 g/mol. The lowest BCUT2D eigenvalue weighted by molar-refractivity contribution is 0.279. The molecule has 4 heteroatoms. The summed E-state index contributed by atoms with van der Waals surface area (Å²) in [6.07, 6.45) is 3.91. The Morgan fingerprint density at radius 3 is 2.20 bits per heavy atom. The van der Waals surface area contributed by atoms with Crippen LogP contribution in [0.4, 0.5) is 0 Å². The van der Waals surface area contributed by atoms with Crippen LogP contribution in [0.5, 0.6) is 0 Å². The fourth-order valence-corrected chi connectivity index (χ4v) is 3.96. The summed E-state index contributed by atoms with van der Waals surface area (Å²) in [6, 6.07) is 0. The normalized spacial score (nSPS) is 22.1. The van der Waals surface area contributed by atoms with Crippen LogP contribution in [0.1, 0.15) is 46.5 Å². The zero-order chi connectivity index (χ0) is 11.5. The van der Waals surface area contributed by atoms with Gasteiger partial charge in [0.2, 0.25) is 10.0 Å². The second-order valence-electron chi connectivity index (χ2n) is 4.61. The summed E-state index contributed by atoms with van der Waals surface area (Å²) in [4.78, 5) is 0. The SMILES string of the molecule is CCCS(=O)(=O)N1CCC(CC)(CC)C1. The molecule has 3 nitrogen and oxygen atoms in total. The number of sulfonamides is 1. The molecule has 0 bridgehead atoms. The van der Waals surface area contributed by atoms with Crippen molar-refractivity contribution in [2.75, 3.05) is 18.8 Å². The van der Waals surface area contributed by atoms with Crippen LogP contribution in [0, 0.1) is 5.41 Å². The molecule has 0 unspecified atom stereocenters. The predicted octanol–water partition coefficient (Wildman–Crippen LogP) is 2.24. The standard InChI is InChI=1S/C11H23NO2S/c1-4-9-15(13,14)12-8-7-11(5-2,6-3)10-12/h4-10H2,1-3H3. The molecule has 1 rings (SSSR count). The first-order chi connectivity index (χ1) is 6.99. The van der Waals surface area contributed by atoms with Crippen LogP contribution in [-0.4, -0.2) is 31.6 Å². The van der Waals surface area contributed by atoms with Crippen molar-refractivity contribution in [3.8, 4) is 0 Å². The molecular formula is C11H23NO2S. The average molecular weight is 233 g/mol. The van der Waals surface area contributed by atoms with Gasteiger partial charge in [-0.25, -0.2) is 12.7 Å². The van der Waals surface area contributed by atoms with E-state index in [2.05, 4.69) is 13.8 Å². The fourth-order valence-electron chi connectivity index (χ4n) is 2.35. The van der Waals surface area contributed by atoms with Crippen LogP contribution in [-0.2, 0) is 10.0 Å². The third-order valence-corrected chi connectivity index (χ3v) is 5.78. The molecule has 0 amide bonds. The molecule has 0 aliphatic carbocycles. The molecule has 0 aromatic carbocycles. The maximum atomic E-state index is 11.9. The second kappa shape index (κ2) is 4.83. The van der Waals surface area contributed by atoms with E-state index in [0.717, 1.165) is 32.4 Å². The number of hydrogen-bond donors (Lipinski definition) is 0. The number of rotatable bonds is 5. The van der Waals surface area contributed by atoms with Crippen molar-refractivity contribution in [3.05, 3.63) is 0 Å². The third-order valence-electron chi connectivity index (χ3n) is 3.76. The van der Waals surface area contributed by atoms with Gasteiger partial charge in [0.15, 0.2) is 0 Å². The van der Waals surface area contributed by atoms with Gasteiger partial charge in [0.25, 0.3) is 0 Å². The van der Waals surface area contributed by atoms with Crippen LogP contribution in [0.3, 0.4) is 0 Å². The van der Waals surface area contributed by atoms with E-state index >= 15 is 0 Å². The highest BCUT2D eigenvalue weighted by molar-refractivity contribution is 7.89. The molecule has 0 radical (unpaired) electrons. The van der Waals surface area contributed by atoms with E-state index in [-0.39, 0.29) is 5.41 Å². The Morgan fingerprint density at radius 1 is 1.20 bits per heavy atom. The maximum absolute atomic E-state index is 11.9. The predicted molar refractivity (Wildman–Crippen MR) is 63.3 cm³/mol. The third kappa shape index (κ3) is 2.72. The highest BCUT2D eigenvalue weighted by atomic mass is 32.2. The van der Waals surface area contributed by atoms with Crippen molar-refractivity contribution in [2.45, 2.75) is 46.5 Å². The second-order valence-corrected chi connectivity index (χ2v) is 6.70. The van der Waals surface area contributed by atoms with Crippen LogP contribution < -0.4 is 0 Å². The van der Waals surface area contributed by atoms with Gasteiger partial charge in [-0.15, -0.1) is 0 Å². The zero-order valence-electron chi connectivity index (χ0n) is 10.1. The molecule has 1 saturated heterocycles. The van der Waals surface area contributed by atoms with Crippen molar-refractivity contribution in [1.29, 1.82) is 0 Å². The molecule has 0 saturated carbocycles. The molecular weight excluding hydrogens is 210 g/mol. The van der Waals surface area contributed by atoms with E-state index in [9.17, 15) is 8.42 Å². The highest BCUT2D eigenvalue weighted by Crippen LogP contribution is 2.38. The van der Waals surface area contributed by atoms with E-state index in [1.807, 2.05) is 6.92 Å². The molecule has 1 aliphatic heterocycles. The minimum absolute atomic E-state index is 0.251. The van der Waals surface area contributed by atoms with E-state index in [1.54, 1.807) is 4.31 Å². The topological polar surface area (TPSA) is 37.4 Å². The summed E-state index contributed by atoms with van der Waals surface area (Å²) in [5.41, 5.74) is 0.251. The van der Waals surface area contributed by atoms with Gasteiger partial charge in [-0.05, 0) is 31.1 Å². The molecule has 0 spiro atoms. The van der Waals surface area contributed by atoms with E-state index < -0.39 is 10.0 Å². The lowest BCUT2D eigenvalue weighted by atomic mass is 9.82. The van der Waals surface area contributed by atoms with Crippen molar-refractivity contribution < 1.29 is 8.42 Å². The summed E-state index contributed by atoms with van der Waals surface area (Å²) in [7, 11) is -2.97. The summed E-state index contributed by atoms with van der Waals surface area (Å²) < 4.78 is 25.5. The molecule has 1 aliphatic rings. The minimum atomic E-state index is -2.97. The minimum Gasteiger partial charge on any atom is -0.212 e. The molecule has 1 heterocycles. The van der Waals surface area contributed by atoms with E-state index in [4.69, 9.17) is 0 Å². The number of hydrogen-bond acceptors (Lipinski definition) is 2. The largest absolute Gasteiger partial charge is 0.214 e. The van der Waals surface area contributed by atoms with Crippen molar-refractivity contribution in [2.24, 2.45) is 5.41 Å². The van der Waals surface area contributed by atoms with Crippen LogP contribution >= 0.6 is 0 Å². The molecule has 0 N–H and O–H groups in total. The zero-order valence-corrected chi connectivity index (χ0v) is 10.9. The first-order valence-electron chi connectivity index (χ1n) is 5.97. The molecule has 1 fully saturated rings. The summed E-state index contributed by atoms with van der Waals surface area (Å²) in [5, 5.41) is 0. The van der Waals surface area contributed by atoms with Crippen molar-refractivity contribution >= 4 is 10.0 Å². The molecule has 0 aromatic rings. The summed E-state index contributed by atoms with van der Waals surface area (Å²) in [5.74, 6) is 0.302. The smallest absolute Gasteiger partial charge is 0.212 e. The summed E-state index contributed by atoms with van der Waals surface area (Å²) >= 11 is 0. The lowest BCUT2D eigenvalue weighted by Gasteiger charge is -2.26. The molecule has 0 aromatic heterocycles. The quantitative estimate of drug-likeness (QED) is 0.730. The lowest BCUT2D eigenvalue weighted by Crippen LogP contribution is -2.33. The highest BCUT2D eigenvalue weighted by Gasteiger charge is 2.39. The van der Waals surface area contributed by atoms with Crippen molar-refractivity contribution in [1.82, 2.24) is 4.31 Å². The van der Waals surface area contributed by atoms with E-state index in [0.29, 0.717) is 12.2 Å². The van der Waals surface area contributed by atoms with Gasteiger partial charge in [-0.3, -0.25) is 0 Å². The Kier molecular flexibility index (Phi) is 4.18. The van der Waals surface area contributed by atoms with E-state index in [1.165, 1.54) is 0 Å². The van der Waals surface area contributed by atoms with Crippen LogP contribution in [0.25, 0.3) is 0 Å². The first kappa shape index (κ1) is 13.0. The van der Waals surface area contributed by atoms with Crippen LogP contribution in [0.15, 0.2) is 0 Å². The van der Waals surface area contributed by atoms with Crippen molar-refractivity contribution in [3.63, 3.8) is 0 Å².